The number of halogens is 3. The lowest BCUT2D eigenvalue weighted by Crippen LogP contribution is -2.01. The van der Waals surface area contributed by atoms with Crippen LogP contribution >= 0.6 is 11.8 Å². The van der Waals surface area contributed by atoms with Crippen LogP contribution in [0.1, 0.15) is 16.7 Å². The first-order valence-electron chi connectivity index (χ1n) is 4.13. The Morgan fingerprint density at radius 1 is 1.07 bits per heavy atom. The van der Waals surface area contributed by atoms with E-state index in [4.69, 9.17) is 0 Å². The second-order valence-electron chi connectivity index (χ2n) is 3.25. The third-order valence-electron chi connectivity index (χ3n) is 1.99. The predicted molar refractivity (Wildman–Crippen MR) is 52.6 cm³/mol. The van der Waals surface area contributed by atoms with Gasteiger partial charge in [-0.05, 0) is 55.3 Å². The lowest BCUT2D eigenvalue weighted by atomic mass is 10.1. The van der Waals surface area contributed by atoms with Crippen LogP contribution in [-0.2, 0) is 0 Å². The summed E-state index contributed by atoms with van der Waals surface area (Å²) in [5.41, 5.74) is -1.74. The fraction of sp³-hybridized carbons (Fsp3) is 0.400. The zero-order valence-electron chi connectivity index (χ0n) is 8.20. The molecule has 0 N–H and O–H groups in total. The first kappa shape index (κ1) is 11.4. The molecule has 78 valence electrons. The summed E-state index contributed by atoms with van der Waals surface area (Å²) in [5, 5.41) is 0. The van der Waals surface area contributed by atoms with E-state index in [9.17, 15) is 13.2 Å². The lowest BCUT2D eigenvalue weighted by Gasteiger charge is -2.11. The average molecular weight is 220 g/mol. The van der Waals surface area contributed by atoms with Gasteiger partial charge in [0.2, 0.25) is 0 Å². The van der Waals surface area contributed by atoms with Crippen molar-refractivity contribution in [3.63, 3.8) is 0 Å². The Kier molecular flexibility index (Phi) is 3.14. The minimum absolute atomic E-state index is 0.0443. The molecule has 0 bridgehead atoms. The molecular weight excluding hydrogens is 209 g/mol. The van der Waals surface area contributed by atoms with E-state index in [2.05, 4.69) is 0 Å². The van der Waals surface area contributed by atoms with E-state index in [0.717, 1.165) is 11.1 Å². The quantitative estimate of drug-likeness (QED) is 0.638. The van der Waals surface area contributed by atoms with Crippen LogP contribution < -0.4 is 0 Å². The molecule has 1 aromatic carbocycles. The van der Waals surface area contributed by atoms with Crippen LogP contribution in [0.25, 0.3) is 0 Å². The highest BCUT2D eigenvalue weighted by atomic mass is 32.2. The van der Waals surface area contributed by atoms with Crippen molar-refractivity contribution in [3.05, 3.63) is 28.8 Å². The van der Waals surface area contributed by atoms with Gasteiger partial charge in [0.25, 0.3) is 0 Å². The van der Waals surface area contributed by atoms with Gasteiger partial charge in [-0.25, -0.2) is 0 Å². The van der Waals surface area contributed by atoms with Gasteiger partial charge in [0.15, 0.2) is 0 Å². The number of alkyl halides is 3. The molecule has 0 fully saturated rings. The number of rotatable bonds is 1. The van der Waals surface area contributed by atoms with Crippen LogP contribution in [0, 0.1) is 20.8 Å². The van der Waals surface area contributed by atoms with Gasteiger partial charge in [0, 0.05) is 4.90 Å². The first-order chi connectivity index (χ1) is 6.29. The molecule has 0 aromatic heterocycles. The van der Waals surface area contributed by atoms with Crippen molar-refractivity contribution in [2.45, 2.75) is 31.2 Å². The van der Waals surface area contributed by atoms with E-state index in [0.29, 0.717) is 10.5 Å². The predicted octanol–water partition coefficient (Wildman–Crippen LogP) is 4.22. The lowest BCUT2D eigenvalue weighted by molar-refractivity contribution is -0.0328. The highest BCUT2D eigenvalue weighted by Crippen LogP contribution is 2.39. The summed E-state index contributed by atoms with van der Waals surface area (Å²) < 4.78 is 36.4. The molecule has 0 aliphatic heterocycles. The molecular formula is C10H11F3S. The summed E-state index contributed by atoms with van der Waals surface area (Å²) in [4.78, 5) is 0.301. The minimum atomic E-state index is -4.20. The third kappa shape index (κ3) is 2.94. The maximum Gasteiger partial charge on any atom is 0.446 e. The zero-order valence-corrected chi connectivity index (χ0v) is 9.01. The van der Waals surface area contributed by atoms with Crippen molar-refractivity contribution < 1.29 is 13.2 Å². The minimum Gasteiger partial charge on any atom is -0.160 e. The van der Waals surface area contributed by atoms with Crippen LogP contribution in [0.5, 0.6) is 0 Å². The molecule has 0 spiro atoms. The van der Waals surface area contributed by atoms with Gasteiger partial charge in [0.1, 0.15) is 0 Å². The van der Waals surface area contributed by atoms with Crippen LogP contribution in [0.2, 0.25) is 0 Å². The standard InChI is InChI=1S/C10H11F3S/c1-6-4-7(2)8(3)9(5-6)14-10(11,12)13/h4-5H,1-3H3. The summed E-state index contributed by atoms with van der Waals surface area (Å²) >= 11 is -0.0443. The van der Waals surface area contributed by atoms with E-state index in [1.807, 2.05) is 13.0 Å². The van der Waals surface area contributed by atoms with E-state index in [1.165, 1.54) is 0 Å². The van der Waals surface area contributed by atoms with Gasteiger partial charge >= 0.3 is 5.51 Å². The zero-order chi connectivity index (χ0) is 10.9. The number of thioether (sulfide) groups is 1. The number of hydrogen-bond acceptors (Lipinski definition) is 1. The molecule has 4 heteroatoms. The fourth-order valence-corrected chi connectivity index (χ4v) is 2.04. The van der Waals surface area contributed by atoms with Gasteiger partial charge in [-0.1, -0.05) is 6.07 Å². The molecule has 0 nitrogen and oxygen atoms in total. The number of benzene rings is 1. The second-order valence-corrected chi connectivity index (χ2v) is 4.36. The Labute approximate surface area is 85.5 Å². The summed E-state index contributed by atoms with van der Waals surface area (Å²) in [6, 6.07) is 3.45. The molecule has 0 unspecified atom stereocenters. The molecule has 0 heterocycles. The van der Waals surface area contributed by atoms with E-state index in [1.54, 1.807) is 19.9 Å². The van der Waals surface area contributed by atoms with Crippen LogP contribution in [0.4, 0.5) is 13.2 Å². The molecule has 0 saturated heterocycles. The fourth-order valence-electron chi connectivity index (χ4n) is 1.23. The highest BCUT2D eigenvalue weighted by Gasteiger charge is 2.30. The molecule has 14 heavy (non-hydrogen) atoms. The SMILES string of the molecule is Cc1cc(C)c(C)c(SC(F)(F)F)c1. The smallest absolute Gasteiger partial charge is 0.160 e. The van der Waals surface area contributed by atoms with Crippen molar-refractivity contribution in [2.24, 2.45) is 0 Å². The normalized spacial score (nSPS) is 11.9. The first-order valence-corrected chi connectivity index (χ1v) is 4.95. The Bertz CT molecular complexity index is 342. The highest BCUT2D eigenvalue weighted by molar-refractivity contribution is 8.00. The van der Waals surface area contributed by atoms with Crippen molar-refractivity contribution in [2.75, 3.05) is 0 Å². The van der Waals surface area contributed by atoms with Crippen molar-refractivity contribution >= 4 is 11.8 Å². The maximum atomic E-state index is 12.1. The summed E-state index contributed by atoms with van der Waals surface area (Å²) in [6.45, 7) is 5.33. The third-order valence-corrected chi connectivity index (χ3v) is 2.87. The Morgan fingerprint density at radius 3 is 2.14 bits per heavy atom. The monoisotopic (exact) mass is 220 g/mol. The van der Waals surface area contributed by atoms with Gasteiger partial charge in [-0.15, -0.1) is 0 Å². The molecule has 0 amide bonds. The van der Waals surface area contributed by atoms with E-state index in [-0.39, 0.29) is 11.8 Å². The van der Waals surface area contributed by atoms with Gasteiger partial charge in [-0.3, -0.25) is 0 Å². The molecule has 0 saturated carbocycles. The van der Waals surface area contributed by atoms with E-state index < -0.39 is 5.51 Å². The van der Waals surface area contributed by atoms with Gasteiger partial charge in [-0.2, -0.15) is 13.2 Å². The van der Waals surface area contributed by atoms with Crippen LogP contribution in [0.3, 0.4) is 0 Å². The van der Waals surface area contributed by atoms with Gasteiger partial charge < -0.3 is 0 Å². The van der Waals surface area contributed by atoms with Crippen molar-refractivity contribution in [1.82, 2.24) is 0 Å². The van der Waals surface area contributed by atoms with Crippen LogP contribution in [0.15, 0.2) is 17.0 Å². The Morgan fingerprint density at radius 2 is 1.64 bits per heavy atom. The molecule has 0 aliphatic carbocycles. The molecule has 0 atom stereocenters. The molecule has 1 rings (SSSR count). The largest absolute Gasteiger partial charge is 0.446 e. The van der Waals surface area contributed by atoms with E-state index >= 15 is 0 Å². The molecule has 0 aliphatic rings. The average Bonchev–Trinajstić information content (AvgIpc) is 1.96. The topological polar surface area (TPSA) is 0 Å². The summed E-state index contributed by atoms with van der Waals surface area (Å²) in [7, 11) is 0. The summed E-state index contributed by atoms with van der Waals surface area (Å²) in [5.74, 6) is 0. The Hall–Kier alpha value is -0.640. The van der Waals surface area contributed by atoms with Crippen LogP contribution in [-0.4, -0.2) is 5.51 Å². The summed E-state index contributed by atoms with van der Waals surface area (Å²) in [6.07, 6.45) is 0. The van der Waals surface area contributed by atoms with Crippen molar-refractivity contribution in [3.8, 4) is 0 Å². The van der Waals surface area contributed by atoms with Gasteiger partial charge in [0.05, 0.1) is 0 Å². The maximum absolute atomic E-state index is 12.1. The second kappa shape index (κ2) is 3.85. The van der Waals surface area contributed by atoms with Crippen molar-refractivity contribution in [1.29, 1.82) is 0 Å². The Balaban J connectivity index is 3.09. The number of aryl methyl sites for hydroxylation is 2. The molecule has 1 aromatic rings. The number of hydrogen-bond donors (Lipinski definition) is 0. The molecule has 0 radical (unpaired) electrons.